The van der Waals surface area contributed by atoms with Crippen LogP contribution in [-0.4, -0.2) is 47.6 Å². The second kappa shape index (κ2) is 10.3. The van der Waals surface area contributed by atoms with Gasteiger partial charge in [0.05, 0.1) is 37.6 Å². The quantitative estimate of drug-likeness (QED) is 0.224. The van der Waals surface area contributed by atoms with Crippen molar-refractivity contribution in [1.29, 1.82) is 0 Å². The van der Waals surface area contributed by atoms with Gasteiger partial charge in [-0.2, -0.15) is 0 Å². The minimum Gasteiger partial charge on any atom is -0.493 e. The zero-order valence-corrected chi connectivity index (χ0v) is 20.6. The van der Waals surface area contributed by atoms with Gasteiger partial charge in [0.25, 0.3) is 0 Å². The van der Waals surface area contributed by atoms with Crippen LogP contribution in [0.4, 0.5) is 4.39 Å². The van der Waals surface area contributed by atoms with Crippen LogP contribution in [0.25, 0.3) is 17.1 Å². The topological polar surface area (TPSA) is 75.5 Å². The van der Waals surface area contributed by atoms with Crippen LogP contribution in [0.15, 0.2) is 53.7 Å². The van der Waals surface area contributed by atoms with E-state index in [2.05, 4.69) is 10.2 Å². The van der Waals surface area contributed by atoms with Gasteiger partial charge >= 0.3 is 0 Å². The Balaban J connectivity index is 1.79. The number of methoxy groups -OCH3 is 3. The molecule has 4 aromatic rings. The summed E-state index contributed by atoms with van der Waals surface area (Å²) in [5.41, 5.74) is 0.843. The number of carbonyl (C=O) groups excluding carboxylic acids is 1. The molecule has 0 atom stereocenters. The molecule has 0 N–H and O–H groups in total. The molecule has 7 nitrogen and oxygen atoms in total. The fraction of sp³-hybridized carbons (Fsp3) is 0.208. The smallest absolute Gasteiger partial charge is 0.203 e. The number of para-hydroxylation sites is 1. The van der Waals surface area contributed by atoms with Gasteiger partial charge in [0.2, 0.25) is 5.75 Å². The molecule has 0 fully saturated rings. The van der Waals surface area contributed by atoms with Gasteiger partial charge in [0.1, 0.15) is 5.82 Å². The molecule has 0 amide bonds. The van der Waals surface area contributed by atoms with Crippen LogP contribution >= 0.6 is 23.1 Å². The van der Waals surface area contributed by atoms with E-state index in [-0.39, 0.29) is 17.2 Å². The van der Waals surface area contributed by atoms with Crippen molar-refractivity contribution in [3.63, 3.8) is 0 Å². The van der Waals surface area contributed by atoms with Crippen molar-refractivity contribution in [1.82, 2.24) is 14.8 Å². The average molecular weight is 500 g/mol. The number of Topliss-reactive ketones (excluding diaryl/α,β-unsaturated/α-hetero) is 1. The number of rotatable bonds is 9. The number of aromatic nitrogens is 3. The number of thiophene rings is 1. The number of ether oxygens (including phenoxy) is 3. The summed E-state index contributed by atoms with van der Waals surface area (Å²) < 4.78 is 32.8. The monoisotopic (exact) mass is 499 g/mol. The predicted octanol–water partition coefficient (Wildman–Crippen LogP) is 5.44. The highest BCUT2D eigenvalue weighted by atomic mass is 32.2. The van der Waals surface area contributed by atoms with Crippen LogP contribution in [0.5, 0.6) is 17.2 Å². The third-order valence-electron chi connectivity index (χ3n) is 5.00. The van der Waals surface area contributed by atoms with Crippen LogP contribution in [-0.2, 0) is 0 Å². The van der Waals surface area contributed by atoms with Crippen LogP contribution in [0.2, 0.25) is 0 Å². The molecular weight excluding hydrogens is 477 g/mol. The van der Waals surface area contributed by atoms with E-state index in [1.165, 1.54) is 50.5 Å². The van der Waals surface area contributed by atoms with Crippen LogP contribution in [0.3, 0.4) is 0 Å². The van der Waals surface area contributed by atoms with Crippen molar-refractivity contribution in [3.8, 4) is 34.3 Å². The Morgan fingerprint density at radius 2 is 1.74 bits per heavy atom. The molecule has 0 radical (unpaired) electrons. The van der Waals surface area contributed by atoms with E-state index in [1.807, 2.05) is 19.1 Å². The number of hydrogen-bond acceptors (Lipinski definition) is 8. The number of aryl methyl sites for hydroxylation is 1. The van der Waals surface area contributed by atoms with Gasteiger partial charge in [0, 0.05) is 10.4 Å². The number of benzene rings is 2. The number of hydrogen-bond donors (Lipinski definition) is 0. The number of halogens is 1. The van der Waals surface area contributed by atoms with Crippen LogP contribution in [0, 0.1) is 12.7 Å². The summed E-state index contributed by atoms with van der Waals surface area (Å²) in [6.45, 7) is 1.95. The van der Waals surface area contributed by atoms with Crippen LogP contribution in [0.1, 0.15) is 14.5 Å². The van der Waals surface area contributed by atoms with Crippen molar-refractivity contribution in [3.05, 3.63) is 64.1 Å². The summed E-state index contributed by atoms with van der Waals surface area (Å²) in [5.74, 6) is 1.32. The third kappa shape index (κ3) is 4.64. The fourth-order valence-electron chi connectivity index (χ4n) is 3.40. The highest BCUT2D eigenvalue weighted by molar-refractivity contribution is 7.99. The zero-order valence-electron chi connectivity index (χ0n) is 19.0. The molecule has 0 spiro atoms. The molecule has 0 unspecified atom stereocenters. The number of thioether (sulfide) groups is 1. The van der Waals surface area contributed by atoms with E-state index in [1.54, 1.807) is 34.9 Å². The first-order chi connectivity index (χ1) is 16.5. The lowest BCUT2D eigenvalue weighted by atomic mass is 10.1. The first-order valence-electron chi connectivity index (χ1n) is 10.2. The van der Waals surface area contributed by atoms with E-state index in [9.17, 15) is 9.18 Å². The summed E-state index contributed by atoms with van der Waals surface area (Å²) in [5, 5.41) is 9.00. The summed E-state index contributed by atoms with van der Waals surface area (Å²) in [4.78, 5) is 14.4. The molecule has 0 saturated heterocycles. The Kier molecular flexibility index (Phi) is 7.18. The molecule has 2 heterocycles. The number of nitrogens with zero attached hydrogens (tertiary/aromatic N) is 3. The maximum Gasteiger partial charge on any atom is 0.203 e. The van der Waals surface area contributed by atoms with Crippen molar-refractivity contribution < 1.29 is 23.4 Å². The molecule has 10 heteroatoms. The standard InChI is InChI=1S/C24H22FN3O4S2/c1-14-9-10-21(34-14)18(29)13-33-24-27-26-23(28(24)17-8-6-5-7-16(17)25)15-11-19(30-2)22(32-4)20(12-15)31-3/h5-12H,13H2,1-4H3. The molecule has 176 valence electrons. The van der Waals surface area contributed by atoms with Gasteiger partial charge in [-0.15, -0.1) is 21.5 Å². The van der Waals surface area contributed by atoms with Crippen molar-refractivity contribution in [2.45, 2.75) is 12.1 Å². The molecule has 2 aromatic heterocycles. The van der Waals surface area contributed by atoms with Crippen molar-refractivity contribution >= 4 is 28.9 Å². The van der Waals surface area contributed by atoms with Crippen molar-refractivity contribution in [2.75, 3.05) is 27.1 Å². The fourth-order valence-corrected chi connectivity index (χ4v) is 5.12. The van der Waals surface area contributed by atoms with Gasteiger partial charge in [-0.1, -0.05) is 23.9 Å². The Bertz CT molecular complexity index is 1310. The lowest BCUT2D eigenvalue weighted by molar-refractivity contribution is 0.102. The molecule has 0 saturated carbocycles. The Hall–Kier alpha value is -3.37. The maximum atomic E-state index is 14.9. The molecule has 0 aliphatic rings. The molecule has 34 heavy (non-hydrogen) atoms. The molecule has 2 aromatic carbocycles. The molecule has 0 bridgehead atoms. The lowest BCUT2D eigenvalue weighted by Gasteiger charge is -2.15. The van der Waals surface area contributed by atoms with Gasteiger partial charge in [-0.25, -0.2) is 4.39 Å². The maximum absolute atomic E-state index is 14.9. The summed E-state index contributed by atoms with van der Waals surface area (Å²) in [6, 6.07) is 13.5. The minimum atomic E-state index is -0.446. The highest BCUT2D eigenvalue weighted by Gasteiger charge is 2.23. The van der Waals surface area contributed by atoms with Gasteiger partial charge < -0.3 is 14.2 Å². The molecule has 0 aliphatic carbocycles. The SMILES string of the molecule is COc1cc(-c2nnc(SCC(=O)c3ccc(C)s3)n2-c2ccccc2F)cc(OC)c1OC. The summed E-state index contributed by atoms with van der Waals surface area (Å²) in [6.07, 6.45) is 0. The van der Waals surface area contributed by atoms with Crippen molar-refractivity contribution in [2.24, 2.45) is 0 Å². The zero-order chi connectivity index (χ0) is 24.2. The average Bonchev–Trinajstić information content (AvgIpc) is 3.48. The van der Waals surface area contributed by atoms with E-state index >= 15 is 0 Å². The van der Waals surface area contributed by atoms with Gasteiger partial charge in [0.15, 0.2) is 28.3 Å². The predicted molar refractivity (Wildman–Crippen MR) is 131 cm³/mol. The van der Waals surface area contributed by atoms with E-state index in [0.717, 1.165) is 4.88 Å². The molecular formula is C24H22FN3O4S2. The van der Waals surface area contributed by atoms with Crippen LogP contribution < -0.4 is 14.2 Å². The first-order valence-corrected chi connectivity index (χ1v) is 12.0. The van der Waals surface area contributed by atoms with E-state index in [0.29, 0.717) is 38.7 Å². The largest absolute Gasteiger partial charge is 0.493 e. The minimum absolute atomic E-state index is 0.0273. The van der Waals surface area contributed by atoms with E-state index < -0.39 is 5.82 Å². The normalized spacial score (nSPS) is 10.9. The lowest BCUT2D eigenvalue weighted by Crippen LogP contribution is -2.05. The second-order valence-corrected chi connectivity index (χ2v) is 9.36. The Morgan fingerprint density at radius 1 is 1.03 bits per heavy atom. The van der Waals surface area contributed by atoms with Gasteiger partial charge in [-0.3, -0.25) is 9.36 Å². The summed E-state index contributed by atoms with van der Waals surface area (Å²) >= 11 is 2.64. The Morgan fingerprint density at radius 3 is 2.32 bits per heavy atom. The number of carbonyl (C=O) groups is 1. The Labute approximate surface area is 204 Å². The summed E-state index contributed by atoms with van der Waals surface area (Å²) in [7, 11) is 4.55. The third-order valence-corrected chi connectivity index (χ3v) is 6.97. The highest BCUT2D eigenvalue weighted by Crippen LogP contribution is 2.42. The number of ketones is 1. The molecule has 4 rings (SSSR count). The first kappa shape index (κ1) is 23.8. The van der Waals surface area contributed by atoms with Gasteiger partial charge in [-0.05, 0) is 43.3 Å². The van der Waals surface area contributed by atoms with E-state index in [4.69, 9.17) is 14.2 Å². The molecule has 0 aliphatic heterocycles. The second-order valence-electron chi connectivity index (χ2n) is 7.13.